The second kappa shape index (κ2) is 31.7. The first-order valence-electron chi connectivity index (χ1n) is 43.7. The van der Waals surface area contributed by atoms with Crippen molar-refractivity contribution in [2.24, 2.45) is 0 Å². The third kappa shape index (κ3) is 13.3. The fourth-order valence-electron chi connectivity index (χ4n) is 19.4. The predicted octanol–water partition coefficient (Wildman–Crippen LogP) is 34.3. The van der Waals surface area contributed by atoms with E-state index in [0.29, 0.717) is 0 Å². The summed E-state index contributed by atoms with van der Waals surface area (Å²) in [6.45, 7) is 0. The topological polar surface area (TPSA) is 42.6 Å². The molecule has 0 aliphatic rings. The van der Waals surface area contributed by atoms with Gasteiger partial charge in [0.2, 0.25) is 0 Å². The number of fused-ring (bicyclic) bond motifs is 16. The van der Waals surface area contributed by atoms with Gasteiger partial charge in [0.15, 0.2) is 11.2 Å². The van der Waals surface area contributed by atoms with E-state index in [9.17, 15) is 0 Å². The molecule has 128 heavy (non-hydrogen) atoms. The molecular weight excluding hydrogens is 1550 g/mol. The number of furan rings is 2. The molecule has 0 unspecified atom stereocenters. The summed E-state index contributed by atoms with van der Waals surface area (Å²) in [7, 11) is 0. The molecule has 0 saturated carbocycles. The van der Waals surface area contributed by atoms with Gasteiger partial charge in [-0.1, -0.05) is 358 Å². The van der Waals surface area contributed by atoms with Crippen molar-refractivity contribution < 1.29 is 8.83 Å². The van der Waals surface area contributed by atoms with Crippen molar-refractivity contribution in [2.75, 3.05) is 9.80 Å². The Bertz CT molecular complexity index is 8420. The summed E-state index contributed by atoms with van der Waals surface area (Å²) in [5.74, 6) is 0. The molecule has 4 heterocycles. The molecule has 0 bridgehead atoms. The number of aromatic nitrogens is 2. The van der Waals surface area contributed by atoms with Gasteiger partial charge in [-0.2, -0.15) is 0 Å². The van der Waals surface area contributed by atoms with Gasteiger partial charge in [0.25, 0.3) is 0 Å². The highest BCUT2D eigenvalue weighted by molar-refractivity contribution is 6.23. The van der Waals surface area contributed by atoms with Crippen LogP contribution < -0.4 is 9.80 Å². The van der Waals surface area contributed by atoms with Crippen LogP contribution in [0.15, 0.2) is 494 Å². The van der Waals surface area contributed by atoms with Crippen LogP contribution in [0.25, 0.3) is 198 Å². The van der Waals surface area contributed by atoms with Crippen molar-refractivity contribution in [3.05, 3.63) is 485 Å². The van der Waals surface area contributed by atoms with E-state index in [0.717, 1.165) is 94.8 Å². The molecule has 6 nitrogen and oxygen atoms in total. The molecule has 25 rings (SSSR count). The zero-order chi connectivity index (χ0) is 84.5. The zero-order valence-corrected chi connectivity index (χ0v) is 69.8. The van der Waals surface area contributed by atoms with Crippen molar-refractivity contribution in [2.45, 2.75) is 0 Å². The molecule has 6 heteroatoms. The summed E-state index contributed by atoms with van der Waals surface area (Å²) in [6, 6.07) is 174. The van der Waals surface area contributed by atoms with Crippen molar-refractivity contribution in [3.63, 3.8) is 0 Å². The van der Waals surface area contributed by atoms with Gasteiger partial charge < -0.3 is 27.8 Å². The van der Waals surface area contributed by atoms with E-state index in [4.69, 9.17) is 8.83 Å². The van der Waals surface area contributed by atoms with Crippen molar-refractivity contribution in [1.82, 2.24) is 9.13 Å². The van der Waals surface area contributed by atoms with Crippen LogP contribution in [0.3, 0.4) is 0 Å². The molecule has 4 aromatic heterocycles. The second-order valence-electron chi connectivity index (χ2n) is 33.0. The van der Waals surface area contributed by atoms with E-state index in [1.807, 2.05) is 0 Å². The average molecular weight is 1630 g/mol. The molecular formula is C122H80N4O2. The van der Waals surface area contributed by atoms with E-state index in [1.54, 1.807) is 0 Å². The number of rotatable bonds is 15. The number of para-hydroxylation sites is 6. The Balaban J connectivity index is 0.000000143. The summed E-state index contributed by atoms with van der Waals surface area (Å²) in [6.07, 6.45) is 0. The number of benzene rings is 21. The average Bonchev–Trinajstić information content (AvgIpc) is 1.59. The summed E-state index contributed by atoms with van der Waals surface area (Å²) in [5.41, 5.74) is 33.4. The van der Waals surface area contributed by atoms with Gasteiger partial charge in [-0.05, 0) is 227 Å². The Morgan fingerprint density at radius 2 is 0.422 bits per heavy atom. The molecule has 25 aromatic rings. The second-order valence-corrected chi connectivity index (χ2v) is 33.0. The first-order valence-corrected chi connectivity index (χ1v) is 43.7. The van der Waals surface area contributed by atoms with Gasteiger partial charge in [0.1, 0.15) is 11.2 Å². The first kappa shape index (κ1) is 74.7. The van der Waals surface area contributed by atoms with E-state index in [2.05, 4.69) is 504 Å². The maximum Gasteiger partial charge on any atom is 0.159 e. The fourth-order valence-corrected chi connectivity index (χ4v) is 19.4. The minimum absolute atomic E-state index is 0.863. The van der Waals surface area contributed by atoms with Crippen LogP contribution in [0.2, 0.25) is 0 Å². The van der Waals surface area contributed by atoms with Crippen LogP contribution in [-0.4, -0.2) is 9.13 Å². The van der Waals surface area contributed by atoms with Gasteiger partial charge >= 0.3 is 0 Å². The number of hydrogen-bond donors (Lipinski definition) is 0. The predicted molar refractivity (Wildman–Crippen MR) is 539 cm³/mol. The smallest absolute Gasteiger partial charge is 0.159 e. The van der Waals surface area contributed by atoms with E-state index in [1.165, 1.54) is 138 Å². The van der Waals surface area contributed by atoms with Gasteiger partial charge in [-0.3, -0.25) is 0 Å². The first-order chi connectivity index (χ1) is 63.5. The van der Waals surface area contributed by atoms with Crippen molar-refractivity contribution in [3.8, 4) is 89.3 Å². The lowest BCUT2D eigenvalue weighted by Gasteiger charge is -2.26. The molecule has 0 aliphatic carbocycles. The third-order valence-corrected chi connectivity index (χ3v) is 25.6. The minimum Gasteiger partial charge on any atom is -0.454 e. The number of hydrogen-bond acceptors (Lipinski definition) is 4. The maximum atomic E-state index is 6.78. The minimum atomic E-state index is 0.863. The van der Waals surface area contributed by atoms with Crippen molar-refractivity contribution >= 4 is 143 Å². The van der Waals surface area contributed by atoms with E-state index in [-0.39, 0.29) is 0 Å². The fraction of sp³-hybridized carbons (Fsp3) is 0. The summed E-state index contributed by atoms with van der Waals surface area (Å²) in [4.78, 5) is 4.64. The summed E-state index contributed by atoms with van der Waals surface area (Å²) < 4.78 is 18.3. The normalized spacial score (nSPS) is 11.6. The lowest BCUT2D eigenvalue weighted by molar-refractivity contribution is 0.669. The molecule has 0 aliphatic heterocycles. The number of anilines is 6. The molecule has 21 aromatic carbocycles. The van der Waals surface area contributed by atoms with Gasteiger partial charge in [-0.15, -0.1) is 0 Å². The molecule has 0 radical (unpaired) electrons. The van der Waals surface area contributed by atoms with Crippen LogP contribution in [0.4, 0.5) is 34.1 Å². The van der Waals surface area contributed by atoms with Gasteiger partial charge in [0.05, 0.1) is 33.4 Å². The highest BCUT2D eigenvalue weighted by Crippen LogP contribution is 2.49. The number of nitrogens with zero attached hydrogens (tertiary/aromatic N) is 4. The van der Waals surface area contributed by atoms with Crippen LogP contribution in [0.1, 0.15) is 0 Å². The molecule has 0 atom stereocenters. The van der Waals surface area contributed by atoms with E-state index < -0.39 is 0 Å². The monoisotopic (exact) mass is 1630 g/mol. The lowest BCUT2D eigenvalue weighted by Crippen LogP contribution is -2.10. The Labute approximate surface area is 740 Å². The Morgan fingerprint density at radius 1 is 0.164 bits per heavy atom. The van der Waals surface area contributed by atoms with Crippen LogP contribution in [0.5, 0.6) is 0 Å². The third-order valence-electron chi connectivity index (χ3n) is 25.6. The zero-order valence-electron chi connectivity index (χ0n) is 69.8. The van der Waals surface area contributed by atoms with Crippen molar-refractivity contribution in [1.29, 1.82) is 0 Å². The standard InChI is InChI=1S/C64H42N2O.C58H38N2O/c1-3-12-43(13-4-1)47-30-36-53(37-31-47)65(61-21-11-19-57-63-55-17-8-7-14-50(55)35-41-62(63)67-64(57)61)54-38-32-48(33-39-54)46-24-22-44(23-25-46)45-26-28-49(29-27-45)51-34-40-60-58(42-51)56-18-9-10-20-59(56)66(60)52-15-5-2-6-16-52;1-2-11-39(12-3-1)42-25-32-46(33-26-42)59(55-20-10-17-52-57-49-14-5-4-13-45(49)31-38-56(57)61-58(52)55)47-34-27-43(28-35-47)40-21-23-41(24-22-40)44-29-36-48(37-30-44)60-53-18-8-6-15-50(53)51-16-7-9-19-54(51)60/h1-42H;1-38H. The molecule has 0 amide bonds. The van der Waals surface area contributed by atoms with E-state index >= 15 is 0 Å². The Morgan fingerprint density at radius 3 is 0.789 bits per heavy atom. The molecule has 0 N–H and O–H groups in total. The molecule has 600 valence electrons. The quantitative estimate of drug-likeness (QED) is 0.103. The van der Waals surface area contributed by atoms with Crippen LogP contribution in [-0.2, 0) is 0 Å². The molecule has 0 spiro atoms. The van der Waals surface area contributed by atoms with Gasteiger partial charge in [-0.25, -0.2) is 0 Å². The summed E-state index contributed by atoms with van der Waals surface area (Å²) in [5, 5.41) is 14.4. The summed E-state index contributed by atoms with van der Waals surface area (Å²) >= 11 is 0. The largest absolute Gasteiger partial charge is 0.454 e. The highest BCUT2D eigenvalue weighted by atomic mass is 16.3. The maximum absolute atomic E-state index is 6.78. The van der Waals surface area contributed by atoms with Gasteiger partial charge in [0, 0.05) is 77.2 Å². The van der Waals surface area contributed by atoms with Crippen LogP contribution in [0, 0.1) is 0 Å². The Hall–Kier alpha value is -17.1. The highest BCUT2D eigenvalue weighted by Gasteiger charge is 2.25. The molecule has 0 saturated heterocycles. The Kier molecular flexibility index (Phi) is 18.5. The SMILES string of the molecule is c1ccc(-c2ccc(N(c3ccc(-c4ccc(-c5ccc(-c6ccc7c(c6)c6ccccc6n7-c6ccccc6)cc5)cc4)cc3)c3cccc4c3oc3ccc5ccccc5c34)cc2)cc1.c1ccc(-c2ccc(N(c3ccc(-c4ccc(-c5ccc(-n6c7ccccc7c7ccccc76)cc5)cc4)cc3)c3cccc4c3oc3ccc5ccccc5c34)cc2)cc1. The molecule has 0 fully saturated rings. The van der Waals surface area contributed by atoms with Crippen LogP contribution >= 0.6 is 0 Å². The lowest BCUT2D eigenvalue weighted by atomic mass is 9.97.